The number of rotatable bonds is 4. The Bertz CT molecular complexity index is 1230. The average Bonchev–Trinajstić information content (AvgIpc) is 3.43. The van der Waals surface area contributed by atoms with Gasteiger partial charge in [0.1, 0.15) is 6.61 Å². The van der Waals surface area contributed by atoms with Crippen molar-refractivity contribution in [3.05, 3.63) is 95.1 Å². The first kappa shape index (κ1) is 23.0. The minimum absolute atomic E-state index is 0.0546. The fourth-order valence-corrected chi connectivity index (χ4v) is 5.15. The maximum Gasteiger partial charge on any atom is 0.416 e. The molecule has 0 bridgehead atoms. The molecule has 0 unspecified atom stereocenters. The van der Waals surface area contributed by atoms with E-state index < -0.39 is 35.6 Å². The summed E-state index contributed by atoms with van der Waals surface area (Å²) in [6.07, 6.45) is -5.11. The number of halogens is 3. The van der Waals surface area contributed by atoms with Gasteiger partial charge < -0.3 is 14.7 Å². The number of nitrogens with zero attached hydrogens (tertiary/aromatic N) is 1. The molecule has 8 heteroatoms. The molecule has 5 rings (SSSR count). The Balaban J connectivity index is 1.30. The van der Waals surface area contributed by atoms with Crippen LogP contribution in [-0.4, -0.2) is 41.8 Å². The fraction of sp³-hybridized carbons (Fsp3) is 0.259. The summed E-state index contributed by atoms with van der Waals surface area (Å²) in [5.74, 6) is -2.80. The second-order valence-corrected chi connectivity index (χ2v) is 8.88. The topological polar surface area (TPSA) is 66.8 Å². The largest absolute Gasteiger partial charge is 0.481 e. The number of amides is 1. The first-order valence-electron chi connectivity index (χ1n) is 11.2. The lowest BCUT2D eigenvalue weighted by Gasteiger charge is -2.19. The number of carbonyl (C=O) groups is 2. The highest BCUT2D eigenvalue weighted by Gasteiger charge is 2.42. The predicted octanol–water partition coefficient (Wildman–Crippen LogP) is 5.75. The number of alkyl halides is 3. The predicted molar refractivity (Wildman–Crippen MR) is 122 cm³/mol. The van der Waals surface area contributed by atoms with E-state index in [9.17, 15) is 27.9 Å². The molecule has 0 saturated carbocycles. The molecule has 1 aliphatic carbocycles. The van der Waals surface area contributed by atoms with Crippen molar-refractivity contribution in [1.82, 2.24) is 4.90 Å². The number of benzene rings is 3. The molecule has 1 fully saturated rings. The number of hydrogen-bond donors (Lipinski definition) is 1. The third-order valence-corrected chi connectivity index (χ3v) is 6.90. The Morgan fingerprint density at radius 3 is 2.00 bits per heavy atom. The minimum Gasteiger partial charge on any atom is -0.481 e. The van der Waals surface area contributed by atoms with Crippen molar-refractivity contribution in [2.45, 2.75) is 18.0 Å². The number of carbonyl (C=O) groups excluding carboxylic acids is 1. The summed E-state index contributed by atoms with van der Waals surface area (Å²) in [6, 6.07) is 20.3. The summed E-state index contributed by atoms with van der Waals surface area (Å²) in [5, 5.41) is 9.69. The van der Waals surface area contributed by atoms with Gasteiger partial charge >= 0.3 is 18.2 Å². The summed E-state index contributed by atoms with van der Waals surface area (Å²) in [5.41, 5.74) is 3.96. The lowest BCUT2D eigenvalue weighted by Crippen LogP contribution is -2.31. The fourth-order valence-electron chi connectivity index (χ4n) is 5.15. The number of likely N-dealkylation sites (tertiary alicyclic amines) is 1. The smallest absolute Gasteiger partial charge is 0.416 e. The molecule has 180 valence electrons. The molecule has 2 atom stereocenters. The zero-order valence-electron chi connectivity index (χ0n) is 18.5. The first-order valence-corrected chi connectivity index (χ1v) is 11.2. The van der Waals surface area contributed by atoms with Crippen molar-refractivity contribution in [1.29, 1.82) is 0 Å². The van der Waals surface area contributed by atoms with E-state index in [1.54, 1.807) is 0 Å². The zero-order chi connectivity index (χ0) is 24.7. The Morgan fingerprint density at radius 2 is 1.46 bits per heavy atom. The van der Waals surface area contributed by atoms with Crippen LogP contribution in [0.25, 0.3) is 11.1 Å². The van der Waals surface area contributed by atoms with Gasteiger partial charge in [-0.05, 0) is 39.9 Å². The molecule has 5 nitrogen and oxygen atoms in total. The van der Waals surface area contributed by atoms with Gasteiger partial charge in [0, 0.05) is 24.9 Å². The van der Waals surface area contributed by atoms with Gasteiger partial charge in [0.05, 0.1) is 11.5 Å². The maximum absolute atomic E-state index is 12.9. The number of hydrogen-bond acceptors (Lipinski definition) is 3. The number of carboxylic acid groups (broad SMARTS) is 1. The number of fused-ring (bicyclic) bond motifs is 3. The number of ether oxygens (including phenoxy) is 1. The molecule has 0 aromatic heterocycles. The molecular weight excluding hydrogens is 459 g/mol. The minimum atomic E-state index is -4.48. The molecule has 35 heavy (non-hydrogen) atoms. The molecule has 1 saturated heterocycles. The summed E-state index contributed by atoms with van der Waals surface area (Å²) in [7, 11) is 0. The van der Waals surface area contributed by atoms with Gasteiger partial charge in [-0.2, -0.15) is 13.2 Å². The van der Waals surface area contributed by atoms with Crippen LogP contribution in [0, 0.1) is 5.92 Å². The summed E-state index contributed by atoms with van der Waals surface area (Å²) in [6.45, 7) is 0.0861. The van der Waals surface area contributed by atoms with Crippen molar-refractivity contribution in [2.24, 2.45) is 5.92 Å². The molecule has 1 aliphatic heterocycles. The first-order chi connectivity index (χ1) is 16.7. The zero-order valence-corrected chi connectivity index (χ0v) is 18.5. The van der Waals surface area contributed by atoms with Gasteiger partial charge in [-0.15, -0.1) is 0 Å². The second-order valence-electron chi connectivity index (χ2n) is 8.88. The molecule has 0 spiro atoms. The van der Waals surface area contributed by atoms with Gasteiger partial charge in [-0.25, -0.2) is 4.79 Å². The summed E-state index contributed by atoms with van der Waals surface area (Å²) in [4.78, 5) is 26.1. The maximum atomic E-state index is 12.9. The molecule has 1 amide bonds. The van der Waals surface area contributed by atoms with Crippen LogP contribution < -0.4 is 0 Å². The Labute approximate surface area is 199 Å². The van der Waals surface area contributed by atoms with Gasteiger partial charge in [0.25, 0.3) is 0 Å². The van der Waals surface area contributed by atoms with Crippen LogP contribution in [0.3, 0.4) is 0 Å². The highest BCUT2D eigenvalue weighted by molar-refractivity contribution is 5.79. The Kier molecular flexibility index (Phi) is 5.75. The van der Waals surface area contributed by atoms with Crippen LogP contribution in [0.5, 0.6) is 0 Å². The third kappa shape index (κ3) is 4.24. The Hall–Kier alpha value is -3.81. The van der Waals surface area contributed by atoms with Crippen LogP contribution in [0.4, 0.5) is 18.0 Å². The van der Waals surface area contributed by atoms with Gasteiger partial charge in [0.15, 0.2) is 0 Å². The highest BCUT2D eigenvalue weighted by atomic mass is 19.4. The van der Waals surface area contributed by atoms with E-state index in [0.29, 0.717) is 5.56 Å². The van der Waals surface area contributed by atoms with Crippen molar-refractivity contribution in [3.8, 4) is 11.1 Å². The van der Waals surface area contributed by atoms with Crippen LogP contribution in [-0.2, 0) is 15.7 Å². The monoisotopic (exact) mass is 481 g/mol. The van der Waals surface area contributed by atoms with E-state index in [1.807, 2.05) is 48.5 Å². The van der Waals surface area contributed by atoms with Gasteiger partial charge in [-0.3, -0.25) is 4.79 Å². The molecule has 1 N–H and O–H groups in total. The third-order valence-electron chi connectivity index (χ3n) is 6.90. The molecule has 3 aromatic rings. The van der Waals surface area contributed by atoms with E-state index in [2.05, 4.69) is 0 Å². The van der Waals surface area contributed by atoms with Gasteiger partial charge in [-0.1, -0.05) is 60.7 Å². The molecule has 2 aliphatic rings. The van der Waals surface area contributed by atoms with Crippen molar-refractivity contribution in [2.75, 3.05) is 19.7 Å². The lowest BCUT2D eigenvalue weighted by atomic mass is 9.88. The van der Waals surface area contributed by atoms with E-state index in [-0.39, 0.29) is 25.6 Å². The molecule has 3 aromatic carbocycles. The Morgan fingerprint density at radius 1 is 0.886 bits per heavy atom. The second kappa shape index (κ2) is 8.76. The van der Waals surface area contributed by atoms with Crippen LogP contribution in [0.2, 0.25) is 0 Å². The van der Waals surface area contributed by atoms with Crippen molar-refractivity contribution >= 4 is 12.1 Å². The normalized spacial score (nSPS) is 19.3. The number of carboxylic acids is 1. The van der Waals surface area contributed by atoms with Crippen LogP contribution >= 0.6 is 0 Å². The van der Waals surface area contributed by atoms with Crippen LogP contribution in [0.15, 0.2) is 72.8 Å². The molecule has 0 radical (unpaired) electrons. The quantitative estimate of drug-likeness (QED) is 0.515. The average molecular weight is 481 g/mol. The molecule has 1 heterocycles. The summed E-state index contributed by atoms with van der Waals surface area (Å²) >= 11 is 0. The molecular formula is C27H22F3NO4. The van der Waals surface area contributed by atoms with E-state index in [1.165, 1.54) is 17.0 Å². The van der Waals surface area contributed by atoms with Crippen molar-refractivity contribution < 1.29 is 32.6 Å². The van der Waals surface area contributed by atoms with Crippen LogP contribution in [0.1, 0.15) is 34.1 Å². The van der Waals surface area contributed by atoms with Crippen molar-refractivity contribution in [3.63, 3.8) is 0 Å². The van der Waals surface area contributed by atoms with E-state index in [0.717, 1.165) is 34.4 Å². The number of aliphatic carboxylic acids is 1. The van der Waals surface area contributed by atoms with Gasteiger partial charge in [0.2, 0.25) is 0 Å². The lowest BCUT2D eigenvalue weighted by molar-refractivity contribution is -0.141. The SMILES string of the molecule is O=C(O)[C@@H]1CN(C(=O)OCC2c3ccccc3-c3ccccc32)C[C@H]1c1ccc(C(F)(F)F)cc1. The van der Waals surface area contributed by atoms with E-state index >= 15 is 0 Å². The summed E-state index contributed by atoms with van der Waals surface area (Å²) < 4.78 is 44.4. The highest BCUT2D eigenvalue weighted by Crippen LogP contribution is 2.44. The standard InChI is InChI=1S/C27H22F3NO4/c28-27(29,30)17-11-9-16(10-12-17)22-13-31(14-23(22)25(32)33)26(34)35-15-24-20-7-3-1-5-18(20)19-6-2-4-8-21(19)24/h1-12,22-24H,13-15H2,(H,32,33)/t22-,23+/m0/s1. The van der Waals surface area contributed by atoms with E-state index in [4.69, 9.17) is 4.74 Å².